The van der Waals surface area contributed by atoms with Gasteiger partial charge in [-0.3, -0.25) is 0 Å². The van der Waals surface area contributed by atoms with Crippen LogP contribution in [0.25, 0.3) is 0 Å². The van der Waals surface area contributed by atoms with Crippen LogP contribution in [0.15, 0.2) is 0 Å². The summed E-state index contributed by atoms with van der Waals surface area (Å²) in [4.78, 5) is 0. The fraction of sp³-hybridized carbons (Fsp3) is 1.00. The van der Waals surface area contributed by atoms with Crippen molar-refractivity contribution in [1.82, 2.24) is 10.6 Å². The Morgan fingerprint density at radius 2 is 1.93 bits per heavy atom. The second kappa shape index (κ2) is 4.84. The van der Waals surface area contributed by atoms with Crippen LogP contribution in [0.3, 0.4) is 0 Å². The summed E-state index contributed by atoms with van der Waals surface area (Å²) in [7, 11) is 0. The molecule has 1 heterocycles. The minimum atomic E-state index is 0.601. The summed E-state index contributed by atoms with van der Waals surface area (Å²) >= 11 is 0. The third kappa shape index (κ3) is 2.73. The van der Waals surface area contributed by atoms with Crippen molar-refractivity contribution in [2.24, 2.45) is 11.3 Å². The van der Waals surface area contributed by atoms with Crippen LogP contribution < -0.4 is 10.6 Å². The van der Waals surface area contributed by atoms with Crippen LogP contribution in [-0.2, 0) is 0 Å². The van der Waals surface area contributed by atoms with Crippen LogP contribution in [0.2, 0.25) is 0 Å². The summed E-state index contributed by atoms with van der Waals surface area (Å²) < 4.78 is 0. The van der Waals surface area contributed by atoms with Gasteiger partial charge in [-0.2, -0.15) is 0 Å². The molecule has 15 heavy (non-hydrogen) atoms. The van der Waals surface area contributed by atoms with Crippen molar-refractivity contribution in [1.29, 1.82) is 0 Å². The maximum atomic E-state index is 3.78. The van der Waals surface area contributed by atoms with Gasteiger partial charge < -0.3 is 10.6 Å². The van der Waals surface area contributed by atoms with E-state index in [1.807, 2.05) is 0 Å². The normalized spacial score (nSPS) is 34.8. The topological polar surface area (TPSA) is 24.1 Å². The van der Waals surface area contributed by atoms with Crippen molar-refractivity contribution in [3.05, 3.63) is 0 Å². The molecule has 0 unspecified atom stereocenters. The summed E-state index contributed by atoms with van der Waals surface area (Å²) in [6, 6.07) is 0.832. The molecule has 1 saturated carbocycles. The Bertz CT molecular complexity index is 191. The minimum Gasteiger partial charge on any atom is -0.317 e. The molecule has 2 fully saturated rings. The maximum Gasteiger partial charge on any atom is 0.00723 e. The van der Waals surface area contributed by atoms with E-state index in [-0.39, 0.29) is 0 Å². The highest BCUT2D eigenvalue weighted by atomic mass is 15.0. The number of hydrogen-bond donors (Lipinski definition) is 2. The Labute approximate surface area is 94.2 Å². The molecule has 2 aliphatic rings. The Kier molecular flexibility index (Phi) is 3.68. The van der Waals surface area contributed by atoms with E-state index >= 15 is 0 Å². The zero-order valence-corrected chi connectivity index (χ0v) is 10.3. The monoisotopic (exact) mass is 210 g/mol. The predicted octanol–water partition coefficient (Wildman–Crippen LogP) is 2.15. The predicted molar refractivity (Wildman–Crippen MR) is 65.0 cm³/mol. The lowest BCUT2D eigenvalue weighted by Gasteiger charge is -2.41. The second-order valence-electron chi connectivity index (χ2n) is 5.76. The Morgan fingerprint density at radius 3 is 2.47 bits per heavy atom. The van der Waals surface area contributed by atoms with Gasteiger partial charge in [-0.05, 0) is 56.5 Å². The first-order chi connectivity index (χ1) is 7.24. The summed E-state index contributed by atoms with van der Waals surface area (Å²) in [6.45, 7) is 8.41. The molecule has 88 valence electrons. The molecule has 0 spiro atoms. The fourth-order valence-corrected chi connectivity index (χ4v) is 3.04. The van der Waals surface area contributed by atoms with E-state index in [1.54, 1.807) is 0 Å². The summed E-state index contributed by atoms with van der Waals surface area (Å²) in [5.41, 5.74) is 0.601. The van der Waals surface area contributed by atoms with Crippen LogP contribution in [-0.4, -0.2) is 25.7 Å². The molecular formula is C13H26N2. The van der Waals surface area contributed by atoms with Crippen molar-refractivity contribution in [3.63, 3.8) is 0 Å². The van der Waals surface area contributed by atoms with Gasteiger partial charge in [0.25, 0.3) is 0 Å². The molecule has 0 aromatic heterocycles. The van der Waals surface area contributed by atoms with Crippen molar-refractivity contribution in [3.8, 4) is 0 Å². The van der Waals surface area contributed by atoms with Crippen LogP contribution in [0, 0.1) is 11.3 Å². The molecule has 2 nitrogen and oxygen atoms in total. The number of piperidine rings is 1. The van der Waals surface area contributed by atoms with Crippen molar-refractivity contribution < 1.29 is 0 Å². The molecular weight excluding hydrogens is 184 g/mol. The van der Waals surface area contributed by atoms with E-state index in [4.69, 9.17) is 0 Å². The highest BCUT2D eigenvalue weighted by Crippen LogP contribution is 2.33. The van der Waals surface area contributed by atoms with E-state index in [0.29, 0.717) is 5.41 Å². The molecule has 2 rings (SSSR count). The van der Waals surface area contributed by atoms with Gasteiger partial charge in [0.05, 0.1) is 0 Å². The number of hydrogen-bond acceptors (Lipinski definition) is 2. The average Bonchev–Trinajstić information content (AvgIpc) is 2.24. The first kappa shape index (κ1) is 11.4. The van der Waals surface area contributed by atoms with Gasteiger partial charge in [-0.25, -0.2) is 0 Å². The molecule has 0 aromatic rings. The molecule has 1 aliphatic carbocycles. The third-order valence-electron chi connectivity index (χ3n) is 4.55. The van der Waals surface area contributed by atoms with Gasteiger partial charge in [0.15, 0.2) is 0 Å². The van der Waals surface area contributed by atoms with E-state index in [2.05, 4.69) is 24.5 Å². The first-order valence-corrected chi connectivity index (χ1v) is 6.68. The molecule has 0 amide bonds. The van der Waals surface area contributed by atoms with Gasteiger partial charge in [0, 0.05) is 12.6 Å². The minimum absolute atomic E-state index is 0.601. The van der Waals surface area contributed by atoms with Crippen LogP contribution in [0.4, 0.5) is 0 Å². The van der Waals surface area contributed by atoms with Crippen molar-refractivity contribution >= 4 is 0 Å². The molecule has 0 atom stereocenters. The molecule has 1 saturated heterocycles. The molecule has 0 aromatic carbocycles. The summed E-state index contributed by atoms with van der Waals surface area (Å²) in [5, 5.41) is 7.25. The SMILES string of the molecule is CCC1(CNC2CC(C)C2)CCNCC1. The highest BCUT2D eigenvalue weighted by Gasteiger charge is 2.32. The van der Waals surface area contributed by atoms with Gasteiger partial charge in [-0.1, -0.05) is 13.8 Å². The quantitative estimate of drug-likeness (QED) is 0.743. The summed E-state index contributed by atoms with van der Waals surface area (Å²) in [5.74, 6) is 0.966. The zero-order chi connectivity index (χ0) is 10.7. The molecule has 2 N–H and O–H groups in total. The Balaban J connectivity index is 1.74. The van der Waals surface area contributed by atoms with Crippen LogP contribution in [0.1, 0.15) is 46.0 Å². The van der Waals surface area contributed by atoms with Gasteiger partial charge >= 0.3 is 0 Å². The Hall–Kier alpha value is -0.0800. The van der Waals surface area contributed by atoms with E-state index in [0.717, 1.165) is 12.0 Å². The van der Waals surface area contributed by atoms with Crippen molar-refractivity contribution in [2.75, 3.05) is 19.6 Å². The smallest absolute Gasteiger partial charge is 0.00723 e. The summed E-state index contributed by atoms with van der Waals surface area (Å²) in [6.07, 6.45) is 6.86. The third-order valence-corrected chi connectivity index (χ3v) is 4.55. The Morgan fingerprint density at radius 1 is 1.27 bits per heavy atom. The first-order valence-electron chi connectivity index (χ1n) is 6.68. The highest BCUT2D eigenvalue weighted by molar-refractivity contribution is 4.89. The van der Waals surface area contributed by atoms with E-state index in [9.17, 15) is 0 Å². The molecule has 1 aliphatic heterocycles. The van der Waals surface area contributed by atoms with Crippen LogP contribution in [0.5, 0.6) is 0 Å². The van der Waals surface area contributed by atoms with E-state index in [1.165, 1.54) is 51.7 Å². The second-order valence-corrected chi connectivity index (χ2v) is 5.76. The average molecular weight is 210 g/mol. The maximum absolute atomic E-state index is 3.78. The molecule has 2 heteroatoms. The van der Waals surface area contributed by atoms with Crippen molar-refractivity contribution in [2.45, 2.75) is 52.0 Å². The van der Waals surface area contributed by atoms with Crippen LogP contribution >= 0.6 is 0 Å². The lowest BCUT2D eigenvalue weighted by atomic mass is 9.75. The number of rotatable bonds is 4. The van der Waals surface area contributed by atoms with Gasteiger partial charge in [0.2, 0.25) is 0 Å². The molecule has 0 bridgehead atoms. The zero-order valence-electron chi connectivity index (χ0n) is 10.3. The molecule has 0 radical (unpaired) electrons. The number of nitrogens with one attached hydrogen (secondary N) is 2. The fourth-order valence-electron chi connectivity index (χ4n) is 3.04. The van der Waals surface area contributed by atoms with Gasteiger partial charge in [0.1, 0.15) is 0 Å². The standard InChI is InChI=1S/C13H26N2/c1-3-13(4-6-14-7-5-13)10-15-12-8-11(2)9-12/h11-12,14-15H,3-10H2,1-2H3. The lowest BCUT2D eigenvalue weighted by molar-refractivity contribution is 0.151. The largest absolute Gasteiger partial charge is 0.317 e. The van der Waals surface area contributed by atoms with Gasteiger partial charge in [-0.15, -0.1) is 0 Å². The van der Waals surface area contributed by atoms with E-state index < -0.39 is 0 Å². The lowest BCUT2D eigenvalue weighted by Crippen LogP contribution is -2.48.